The first-order chi connectivity index (χ1) is 10.7. The van der Waals surface area contributed by atoms with E-state index in [1.165, 1.54) is 23.5 Å². The van der Waals surface area contributed by atoms with Gasteiger partial charge < -0.3 is 5.11 Å². The lowest BCUT2D eigenvalue weighted by atomic mass is 10.1. The van der Waals surface area contributed by atoms with Crippen molar-refractivity contribution in [1.29, 1.82) is 0 Å². The number of aliphatic hydroxyl groups is 1. The van der Waals surface area contributed by atoms with Gasteiger partial charge in [-0.15, -0.1) is 11.3 Å². The molecule has 1 N–H and O–H groups in total. The monoisotopic (exact) mass is 312 g/mol. The molecule has 0 aliphatic heterocycles. The molecule has 0 aliphatic rings. The van der Waals surface area contributed by atoms with Gasteiger partial charge in [-0.1, -0.05) is 42.5 Å². The van der Waals surface area contributed by atoms with Crippen molar-refractivity contribution in [3.05, 3.63) is 69.6 Å². The van der Waals surface area contributed by atoms with Crippen LogP contribution in [-0.2, 0) is 6.61 Å². The zero-order chi connectivity index (χ0) is 15.5. The molecule has 0 unspecified atom stereocenters. The van der Waals surface area contributed by atoms with Gasteiger partial charge in [-0.3, -0.25) is 10.1 Å². The zero-order valence-electron chi connectivity index (χ0n) is 11.5. The minimum atomic E-state index is -0.438. The van der Waals surface area contributed by atoms with Crippen molar-refractivity contribution in [3.8, 4) is 21.8 Å². The van der Waals surface area contributed by atoms with Gasteiger partial charge in [0.1, 0.15) is 5.01 Å². The maximum Gasteiger partial charge on any atom is 0.270 e. The average Bonchev–Trinajstić information content (AvgIpc) is 3.00. The third kappa shape index (κ3) is 2.74. The topological polar surface area (TPSA) is 76.3 Å². The van der Waals surface area contributed by atoms with Gasteiger partial charge in [0.2, 0.25) is 0 Å². The summed E-state index contributed by atoms with van der Waals surface area (Å²) < 4.78 is 0. The highest BCUT2D eigenvalue weighted by atomic mass is 32.1. The molecule has 0 saturated carbocycles. The molecular formula is C16H12N2O3S. The lowest BCUT2D eigenvalue weighted by Gasteiger charge is -1.99. The summed E-state index contributed by atoms with van der Waals surface area (Å²) in [5.41, 5.74) is 2.20. The third-order valence-corrected chi connectivity index (χ3v) is 4.28. The largest absolute Gasteiger partial charge is 0.391 e. The first-order valence-electron chi connectivity index (χ1n) is 6.60. The van der Waals surface area contributed by atoms with Crippen LogP contribution in [0.1, 0.15) is 4.88 Å². The Bertz CT molecular complexity index is 815. The summed E-state index contributed by atoms with van der Waals surface area (Å²) in [7, 11) is 0. The lowest BCUT2D eigenvalue weighted by molar-refractivity contribution is -0.384. The van der Waals surface area contributed by atoms with Gasteiger partial charge in [0, 0.05) is 23.3 Å². The first-order valence-corrected chi connectivity index (χ1v) is 7.41. The molecule has 0 saturated heterocycles. The van der Waals surface area contributed by atoms with Crippen LogP contribution in [0.3, 0.4) is 0 Å². The molecule has 0 radical (unpaired) electrons. The Morgan fingerprint density at radius 1 is 1.09 bits per heavy atom. The van der Waals surface area contributed by atoms with Crippen molar-refractivity contribution in [2.75, 3.05) is 0 Å². The van der Waals surface area contributed by atoms with Crippen molar-refractivity contribution in [2.24, 2.45) is 0 Å². The molecule has 22 heavy (non-hydrogen) atoms. The maximum absolute atomic E-state index is 10.9. The Morgan fingerprint density at radius 3 is 2.50 bits per heavy atom. The number of aliphatic hydroxyl groups excluding tert-OH is 1. The summed E-state index contributed by atoms with van der Waals surface area (Å²) in [6.07, 6.45) is 0. The van der Waals surface area contributed by atoms with Crippen molar-refractivity contribution < 1.29 is 10.0 Å². The van der Waals surface area contributed by atoms with Crippen LogP contribution in [0.4, 0.5) is 5.69 Å². The average molecular weight is 312 g/mol. The number of thiazole rings is 1. The van der Waals surface area contributed by atoms with Crippen LogP contribution in [0.25, 0.3) is 21.8 Å². The molecule has 6 heteroatoms. The number of hydrogen-bond acceptors (Lipinski definition) is 5. The minimum Gasteiger partial charge on any atom is -0.391 e. The van der Waals surface area contributed by atoms with Gasteiger partial charge in [0.25, 0.3) is 5.69 Å². The van der Waals surface area contributed by atoms with Crippen LogP contribution in [-0.4, -0.2) is 15.0 Å². The fourth-order valence-corrected chi connectivity index (χ4v) is 3.10. The van der Waals surface area contributed by atoms with Crippen LogP contribution in [0, 0.1) is 10.1 Å². The Hall–Kier alpha value is -2.57. The Kier molecular flexibility index (Phi) is 3.95. The minimum absolute atomic E-state index is 0.00986. The second-order valence-corrected chi connectivity index (χ2v) is 5.71. The van der Waals surface area contributed by atoms with Crippen LogP contribution in [0.15, 0.2) is 54.6 Å². The van der Waals surface area contributed by atoms with E-state index in [-0.39, 0.29) is 12.3 Å². The molecule has 0 amide bonds. The Morgan fingerprint density at radius 2 is 1.82 bits per heavy atom. The van der Waals surface area contributed by atoms with Crippen molar-refractivity contribution >= 4 is 17.0 Å². The number of nitrogens with zero attached hydrogens (tertiary/aromatic N) is 2. The van der Waals surface area contributed by atoms with E-state index in [0.717, 1.165) is 10.6 Å². The van der Waals surface area contributed by atoms with Crippen LogP contribution >= 0.6 is 11.3 Å². The fraction of sp³-hybridized carbons (Fsp3) is 0.0625. The molecule has 0 atom stereocenters. The number of aromatic nitrogens is 1. The van der Waals surface area contributed by atoms with Gasteiger partial charge in [-0.25, -0.2) is 4.98 Å². The predicted molar refractivity (Wildman–Crippen MR) is 85.6 cm³/mol. The standard InChI is InChI=1S/C16H12N2O3S/c19-10-14-15(12-7-4-8-13(9-12)18(20)21)17-16(22-14)11-5-2-1-3-6-11/h1-9,19H,10H2. The lowest BCUT2D eigenvalue weighted by Crippen LogP contribution is -1.90. The van der Waals surface area contributed by atoms with Gasteiger partial charge in [-0.2, -0.15) is 0 Å². The second kappa shape index (κ2) is 6.05. The summed E-state index contributed by atoms with van der Waals surface area (Å²) in [4.78, 5) is 15.7. The number of nitro groups is 1. The molecule has 0 spiro atoms. The van der Waals surface area contributed by atoms with Crippen LogP contribution < -0.4 is 0 Å². The van der Waals surface area contributed by atoms with E-state index >= 15 is 0 Å². The quantitative estimate of drug-likeness (QED) is 0.586. The molecule has 3 aromatic rings. The molecule has 0 fully saturated rings. The number of nitro benzene ring substituents is 1. The van der Waals surface area contributed by atoms with Crippen molar-refractivity contribution in [2.45, 2.75) is 6.61 Å². The molecule has 0 aliphatic carbocycles. The normalized spacial score (nSPS) is 10.6. The zero-order valence-corrected chi connectivity index (χ0v) is 12.3. The highest BCUT2D eigenvalue weighted by molar-refractivity contribution is 7.15. The SMILES string of the molecule is O=[N+]([O-])c1cccc(-c2nc(-c3ccccc3)sc2CO)c1. The molecule has 1 heterocycles. The molecule has 3 rings (SSSR count). The molecule has 0 bridgehead atoms. The van der Waals surface area contributed by atoms with E-state index in [2.05, 4.69) is 4.98 Å². The number of hydrogen-bond donors (Lipinski definition) is 1. The third-order valence-electron chi connectivity index (χ3n) is 3.19. The van der Waals surface area contributed by atoms with E-state index in [4.69, 9.17) is 0 Å². The number of non-ortho nitro benzene ring substituents is 1. The number of rotatable bonds is 4. The molecular weight excluding hydrogens is 300 g/mol. The summed E-state index contributed by atoms with van der Waals surface area (Å²) in [5.74, 6) is 0. The molecule has 2 aromatic carbocycles. The first kappa shape index (κ1) is 14.4. The smallest absolute Gasteiger partial charge is 0.270 e. The van der Waals surface area contributed by atoms with E-state index in [0.29, 0.717) is 16.1 Å². The summed E-state index contributed by atoms with van der Waals surface area (Å²) in [5, 5.41) is 21.2. The van der Waals surface area contributed by atoms with Crippen LogP contribution in [0.2, 0.25) is 0 Å². The van der Waals surface area contributed by atoms with Gasteiger partial charge in [0.05, 0.1) is 22.1 Å². The molecule has 5 nitrogen and oxygen atoms in total. The summed E-state index contributed by atoms with van der Waals surface area (Å²) in [6.45, 7) is -0.150. The van der Waals surface area contributed by atoms with Crippen LogP contribution in [0.5, 0.6) is 0 Å². The number of benzene rings is 2. The molecule has 110 valence electrons. The summed E-state index contributed by atoms with van der Waals surface area (Å²) in [6, 6.07) is 15.9. The predicted octanol–water partition coefficient (Wildman–Crippen LogP) is 3.88. The Balaban J connectivity index is 2.09. The maximum atomic E-state index is 10.9. The second-order valence-electron chi connectivity index (χ2n) is 4.62. The van der Waals surface area contributed by atoms with E-state index in [1.54, 1.807) is 12.1 Å². The van der Waals surface area contributed by atoms with Crippen molar-refractivity contribution in [1.82, 2.24) is 4.98 Å². The highest BCUT2D eigenvalue weighted by Gasteiger charge is 2.16. The van der Waals surface area contributed by atoms with Gasteiger partial charge in [0.15, 0.2) is 0 Å². The van der Waals surface area contributed by atoms with Crippen molar-refractivity contribution in [3.63, 3.8) is 0 Å². The van der Waals surface area contributed by atoms with Gasteiger partial charge >= 0.3 is 0 Å². The molecule has 1 aromatic heterocycles. The van der Waals surface area contributed by atoms with E-state index in [9.17, 15) is 15.2 Å². The van der Waals surface area contributed by atoms with Gasteiger partial charge in [-0.05, 0) is 0 Å². The fourth-order valence-electron chi connectivity index (χ4n) is 2.16. The summed E-state index contributed by atoms with van der Waals surface area (Å²) >= 11 is 1.39. The van der Waals surface area contributed by atoms with E-state index in [1.807, 2.05) is 30.3 Å². The van der Waals surface area contributed by atoms with E-state index < -0.39 is 4.92 Å². The Labute approximate surface area is 130 Å². The highest BCUT2D eigenvalue weighted by Crippen LogP contribution is 2.34.